The molecule has 1 rings (SSSR count). The summed E-state index contributed by atoms with van der Waals surface area (Å²) in [4.78, 5) is 4.11. The van der Waals surface area contributed by atoms with Gasteiger partial charge in [0, 0.05) is 18.8 Å². The molecular weight excluding hydrogens is 176 g/mol. The smallest absolute Gasteiger partial charge is 0.212 e. The molecule has 0 spiro atoms. The molecule has 0 saturated carbocycles. The lowest BCUT2D eigenvalue weighted by molar-refractivity contribution is 0.397. The summed E-state index contributed by atoms with van der Waals surface area (Å²) in [5, 5.41) is 3.29. The molecule has 3 heteroatoms. The van der Waals surface area contributed by atoms with E-state index in [2.05, 4.69) is 16.9 Å². The molecule has 0 aromatic carbocycles. The Bertz CT molecular complexity index is 269. The van der Waals surface area contributed by atoms with Crippen LogP contribution in [-0.4, -0.2) is 18.6 Å². The summed E-state index contributed by atoms with van der Waals surface area (Å²) in [7, 11) is 1.62. The Morgan fingerprint density at radius 1 is 1.57 bits per heavy atom. The van der Waals surface area contributed by atoms with Gasteiger partial charge in [-0.2, -0.15) is 0 Å². The van der Waals surface area contributed by atoms with Crippen LogP contribution in [0.2, 0.25) is 0 Å². The number of hydrogen-bond donors (Lipinski definition) is 1. The topological polar surface area (TPSA) is 34.1 Å². The number of ether oxygens (including phenoxy) is 1. The number of nitrogens with zero attached hydrogens (tertiary/aromatic N) is 1. The van der Waals surface area contributed by atoms with Gasteiger partial charge in [-0.15, -0.1) is 6.58 Å². The maximum Gasteiger partial charge on any atom is 0.212 e. The fraction of sp³-hybridized carbons (Fsp3) is 0.364. The molecule has 0 aliphatic rings. The normalized spacial score (nSPS) is 9.79. The number of aromatic nitrogens is 1. The van der Waals surface area contributed by atoms with Crippen molar-refractivity contribution < 1.29 is 4.74 Å². The van der Waals surface area contributed by atoms with Crippen LogP contribution >= 0.6 is 0 Å². The van der Waals surface area contributed by atoms with Crippen molar-refractivity contribution in [1.29, 1.82) is 0 Å². The number of nitrogens with one attached hydrogen (secondary N) is 1. The van der Waals surface area contributed by atoms with E-state index >= 15 is 0 Å². The minimum Gasteiger partial charge on any atom is -0.481 e. The highest BCUT2D eigenvalue weighted by Crippen LogP contribution is 2.05. The third-order valence-electron chi connectivity index (χ3n) is 1.86. The van der Waals surface area contributed by atoms with E-state index in [1.165, 1.54) is 0 Å². The van der Waals surface area contributed by atoms with Gasteiger partial charge in [0.05, 0.1) is 7.11 Å². The molecule has 14 heavy (non-hydrogen) atoms. The lowest BCUT2D eigenvalue weighted by Crippen LogP contribution is -2.14. The van der Waals surface area contributed by atoms with Crippen LogP contribution in [0.4, 0.5) is 0 Å². The molecule has 1 aromatic heterocycles. The van der Waals surface area contributed by atoms with Gasteiger partial charge in [0.1, 0.15) is 0 Å². The van der Waals surface area contributed by atoms with Gasteiger partial charge in [-0.3, -0.25) is 0 Å². The van der Waals surface area contributed by atoms with Crippen LogP contribution in [-0.2, 0) is 6.54 Å². The van der Waals surface area contributed by atoms with E-state index in [1.807, 2.05) is 24.4 Å². The van der Waals surface area contributed by atoms with E-state index in [9.17, 15) is 0 Å². The van der Waals surface area contributed by atoms with Crippen molar-refractivity contribution in [2.45, 2.75) is 13.0 Å². The summed E-state index contributed by atoms with van der Waals surface area (Å²) in [6.07, 6.45) is 4.71. The van der Waals surface area contributed by atoms with Gasteiger partial charge in [0.2, 0.25) is 5.88 Å². The first-order chi connectivity index (χ1) is 6.86. The van der Waals surface area contributed by atoms with Crippen LogP contribution in [0.15, 0.2) is 31.0 Å². The Hall–Kier alpha value is -1.35. The minimum atomic E-state index is 0.653. The zero-order valence-electron chi connectivity index (χ0n) is 8.49. The highest BCUT2D eigenvalue weighted by atomic mass is 16.5. The van der Waals surface area contributed by atoms with Crippen molar-refractivity contribution in [1.82, 2.24) is 10.3 Å². The molecule has 0 atom stereocenters. The summed E-state index contributed by atoms with van der Waals surface area (Å²) in [6, 6.07) is 3.87. The maximum atomic E-state index is 4.97. The zero-order chi connectivity index (χ0) is 10.2. The minimum absolute atomic E-state index is 0.653. The molecule has 0 radical (unpaired) electrons. The maximum absolute atomic E-state index is 4.97. The molecule has 0 fully saturated rings. The second-order valence-electron chi connectivity index (χ2n) is 2.96. The van der Waals surface area contributed by atoms with Crippen molar-refractivity contribution in [3.63, 3.8) is 0 Å². The lowest BCUT2D eigenvalue weighted by Gasteiger charge is -2.03. The van der Waals surface area contributed by atoms with Gasteiger partial charge < -0.3 is 10.1 Å². The number of hydrogen-bond acceptors (Lipinski definition) is 3. The Balaban J connectivity index is 2.32. The molecule has 0 aliphatic carbocycles. The quantitative estimate of drug-likeness (QED) is 0.551. The molecule has 1 aromatic rings. The van der Waals surface area contributed by atoms with Crippen molar-refractivity contribution in [3.05, 3.63) is 36.5 Å². The predicted octanol–water partition coefficient (Wildman–Crippen LogP) is 1.76. The lowest BCUT2D eigenvalue weighted by atomic mass is 10.3. The number of methoxy groups -OCH3 is 1. The van der Waals surface area contributed by atoms with E-state index in [0.29, 0.717) is 5.88 Å². The summed E-state index contributed by atoms with van der Waals surface area (Å²) in [6.45, 7) is 5.45. The van der Waals surface area contributed by atoms with Crippen LogP contribution in [0.1, 0.15) is 12.0 Å². The van der Waals surface area contributed by atoms with E-state index < -0.39 is 0 Å². The van der Waals surface area contributed by atoms with Crippen LogP contribution in [0.25, 0.3) is 0 Å². The Morgan fingerprint density at radius 2 is 2.43 bits per heavy atom. The molecule has 0 unspecified atom stereocenters. The van der Waals surface area contributed by atoms with Crippen molar-refractivity contribution in [3.8, 4) is 5.88 Å². The molecule has 3 nitrogen and oxygen atoms in total. The highest BCUT2D eigenvalue weighted by Gasteiger charge is 1.94. The van der Waals surface area contributed by atoms with Gasteiger partial charge in [0.25, 0.3) is 0 Å². The van der Waals surface area contributed by atoms with Crippen molar-refractivity contribution in [2.24, 2.45) is 0 Å². The monoisotopic (exact) mass is 192 g/mol. The molecule has 0 amide bonds. The number of pyridine rings is 1. The SMILES string of the molecule is C=CCCNCc1ccc(OC)nc1. The second kappa shape index (κ2) is 6.16. The summed E-state index contributed by atoms with van der Waals surface area (Å²) in [5.74, 6) is 0.653. The predicted molar refractivity (Wildman–Crippen MR) is 57.3 cm³/mol. The third kappa shape index (κ3) is 3.58. The molecule has 0 aliphatic heterocycles. The largest absolute Gasteiger partial charge is 0.481 e. The third-order valence-corrected chi connectivity index (χ3v) is 1.86. The molecule has 0 bridgehead atoms. The zero-order valence-corrected chi connectivity index (χ0v) is 8.49. The first-order valence-electron chi connectivity index (χ1n) is 4.67. The van der Waals surface area contributed by atoms with E-state index in [0.717, 1.165) is 25.1 Å². The summed E-state index contributed by atoms with van der Waals surface area (Å²) >= 11 is 0. The van der Waals surface area contributed by atoms with Crippen LogP contribution in [0, 0.1) is 0 Å². The van der Waals surface area contributed by atoms with Crippen LogP contribution in [0.5, 0.6) is 5.88 Å². The van der Waals surface area contributed by atoms with Crippen molar-refractivity contribution >= 4 is 0 Å². The summed E-state index contributed by atoms with van der Waals surface area (Å²) < 4.78 is 4.97. The standard InChI is InChI=1S/C11H16N2O/c1-3-4-7-12-8-10-5-6-11(14-2)13-9-10/h3,5-6,9,12H,1,4,7-8H2,2H3. The average molecular weight is 192 g/mol. The average Bonchev–Trinajstić information content (AvgIpc) is 2.25. The van der Waals surface area contributed by atoms with Gasteiger partial charge in [-0.05, 0) is 18.5 Å². The Kier molecular flexibility index (Phi) is 4.72. The van der Waals surface area contributed by atoms with Gasteiger partial charge in [-0.1, -0.05) is 12.1 Å². The van der Waals surface area contributed by atoms with Gasteiger partial charge in [0.15, 0.2) is 0 Å². The Labute approximate surface area is 84.8 Å². The molecule has 1 heterocycles. The van der Waals surface area contributed by atoms with Crippen LogP contribution < -0.4 is 10.1 Å². The van der Waals surface area contributed by atoms with E-state index in [1.54, 1.807) is 7.11 Å². The molecule has 0 saturated heterocycles. The highest BCUT2D eigenvalue weighted by molar-refractivity contribution is 5.17. The fourth-order valence-corrected chi connectivity index (χ4v) is 1.07. The van der Waals surface area contributed by atoms with Gasteiger partial charge >= 0.3 is 0 Å². The molecule has 1 N–H and O–H groups in total. The second-order valence-corrected chi connectivity index (χ2v) is 2.96. The first-order valence-corrected chi connectivity index (χ1v) is 4.67. The first kappa shape index (κ1) is 10.7. The fourth-order valence-electron chi connectivity index (χ4n) is 1.07. The molecular formula is C11H16N2O. The van der Waals surface area contributed by atoms with E-state index in [-0.39, 0.29) is 0 Å². The van der Waals surface area contributed by atoms with E-state index in [4.69, 9.17) is 4.74 Å². The molecule has 76 valence electrons. The Morgan fingerprint density at radius 3 is 3.00 bits per heavy atom. The number of rotatable bonds is 6. The summed E-state index contributed by atoms with van der Waals surface area (Å²) in [5.41, 5.74) is 1.16. The van der Waals surface area contributed by atoms with Crippen molar-refractivity contribution in [2.75, 3.05) is 13.7 Å². The van der Waals surface area contributed by atoms with Gasteiger partial charge in [-0.25, -0.2) is 4.98 Å². The van der Waals surface area contributed by atoms with Crippen LogP contribution in [0.3, 0.4) is 0 Å².